The number of piperazine rings is 1. The average molecular weight is 433 g/mol. The van der Waals surface area contributed by atoms with Crippen LogP contribution in [0.1, 0.15) is 5.56 Å². The van der Waals surface area contributed by atoms with E-state index in [9.17, 15) is 8.42 Å². The topological polar surface area (TPSA) is 85.0 Å². The maximum atomic E-state index is 13.2. The quantitative estimate of drug-likeness (QED) is 0.532. The number of nitrogens with one attached hydrogen (secondary N) is 1. The molecule has 0 unspecified atom stereocenters. The lowest BCUT2D eigenvalue weighted by Gasteiger charge is -2.30. The molecule has 0 saturated carbocycles. The van der Waals surface area contributed by atoms with Gasteiger partial charge in [0.1, 0.15) is 17.4 Å². The van der Waals surface area contributed by atoms with Crippen molar-refractivity contribution in [3.63, 3.8) is 0 Å². The maximum Gasteiger partial charge on any atom is 0.269 e. The first kappa shape index (κ1) is 19.7. The summed E-state index contributed by atoms with van der Waals surface area (Å²) in [6.45, 7) is 5.44. The second kappa shape index (κ2) is 7.33. The van der Waals surface area contributed by atoms with Crippen LogP contribution in [0, 0.1) is 6.92 Å². The van der Waals surface area contributed by atoms with Gasteiger partial charge in [0.25, 0.3) is 10.0 Å². The normalized spacial score (nSPS) is 15.0. The van der Waals surface area contributed by atoms with Gasteiger partial charge in [-0.25, -0.2) is 27.0 Å². The molecule has 1 fully saturated rings. The summed E-state index contributed by atoms with van der Waals surface area (Å²) in [5, 5.41) is 6.31. The Hall–Kier alpha value is -2.62. The minimum atomic E-state index is -3.73. The van der Waals surface area contributed by atoms with Crippen LogP contribution in [0.25, 0.3) is 22.1 Å². The molecule has 1 saturated heterocycles. The Balaban J connectivity index is 0.00000205. The highest BCUT2D eigenvalue weighted by Gasteiger charge is 2.22. The third-order valence-electron chi connectivity index (χ3n) is 5.14. The van der Waals surface area contributed by atoms with Gasteiger partial charge in [0.05, 0.1) is 11.1 Å². The van der Waals surface area contributed by atoms with E-state index in [2.05, 4.69) is 20.3 Å². The summed E-state index contributed by atoms with van der Waals surface area (Å²) >= 11 is 0. The van der Waals surface area contributed by atoms with E-state index in [1.807, 2.05) is 11.6 Å². The fraction of sp³-hybridized carbons (Fsp3) is 0.263. The molecule has 5 rings (SSSR count). The molecule has 0 amide bonds. The lowest BCUT2D eigenvalue weighted by Crippen LogP contribution is -2.48. The number of pyridine rings is 1. The summed E-state index contributed by atoms with van der Waals surface area (Å²) in [6, 6.07) is 8.64. The van der Waals surface area contributed by atoms with Crippen LogP contribution in [0.3, 0.4) is 0 Å². The number of fused-ring (bicyclic) bond motifs is 3. The van der Waals surface area contributed by atoms with Crippen molar-refractivity contribution >= 4 is 44.5 Å². The monoisotopic (exact) mass is 432 g/mol. The van der Waals surface area contributed by atoms with Crippen molar-refractivity contribution in [3.05, 3.63) is 54.6 Å². The Bertz CT molecular complexity index is 1270. The number of nitrogens with zero attached hydrogens (tertiary/aromatic N) is 5. The van der Waals surface area contributed by atoms with Gasteiger partial charge in [0.15, 0.2) is 5.65 Å². The lowest BCUT2D eigenvalue weighted by atomic mass is 10.2. The minimum Gasteiger partial charge on any atom is -0.313 e. The number of aromatic nitrogens is 4. The molecule has 3 aromatic heterocycles. The molecule has 1 N–H and O–H groups in total. The van der Waals surface area contributed by atoms with Gasteiger partial charge in [-0.2, -0.15) is 0 Å². The van der Waals surface area contributed by atoms with E-state index in [1.165, 1.54) is 3.97 Å². The number of rotatable bonds is 3. The molecular weight excluding hydrogens is 412 g/mol. The minimum absolute atomic E-state index is 0. The molecule has 0 bridgehead atoms. The maximum absolute atomic E-state index is 13.2. The number of benzene rings is 1. The molecule has 8 nitrogen and oxygen atoms in total. The van der Waals surface area contributed by atoms with Crippen LogP contribution in [-0.4, -0.2) is 53.2 Å². The third kappa shape index (κ3) is 3.15. The van der Waals surface area contributed by atoms with Crippen LogP contribution in [-0.2, 0) is 10.0 Å². The molecule has 0 aliphatic carbocycles. The average Bonchev–Trinajstić information content (AvgIpc) is 3.33. The Labute approximate surface area is 174 Å². The molecule has 1 aromatic carbocycles. The van der Waals surface area contributed by atoms with Crippen LogP contribution in [0.2, 0.25) is 0 Å². The zero-order valence-corrected chi connectivity index (χ0v) is 17.4. The van der Waals surface area contributed by atoms with Crippen molar-refractivity contribution in [1.29, 1.82) is 0 Å². The Kier molecular flexibility index (Phi) is 4.97. The van der Waals surface area contributed by atoms with Gasteiger partial charge >= 0.3 is 0 Å². The second-order valence-corrected chi connectivity index (χ2v) is 8.77. The molecule has 0 spiro atoms. The first-order valence-corrected chi connectivity index (χ1v) is 10.6. The lowest BCUT2D eigenvalue weighted by molar-refractivity contribution is 0.499. The van der Waals surface area contributed by atoms with E-state index in [0.29, 0.717) is 5.65 Å². The third-order valence-corrected chi connectivity index (χ3v) is 6.82. The first-order chi connectivity index (χ1) is 13.6. The van der Waals surface area contributed by atoms with Crippen LogP contribution in [0.5, 0.6) is 0 Å². The van der Waals surface area contributed by atoms with Gasteiger partial charge < -0.3 is 10.3 Å². The van der Waals surface area contributed by atoms with Crippen LogP contribution in [0.4, 0.5) is 0 Å². The zero-order valence-electron chi connectivity index (χ0n) is 15.8. The van der Waals surface area contributed by atoms with Crippen LogP contribution < -0.4 is 10.3 Å². The molecule has 4 heterocycles. The molecule has 0 atom stereocenters. The largest absolute Gasteiger partial charge is 0.313 e. The predicted molar refractivity (Wildman–Crippen MR) is 115 cm³/mol. The van der Waals surface area contributed by atoms with E-state index >= 15 is 0 Å². The molecule has 1 aliphatic heterocycles. The van der Waals surface area contributed by atoms with Crippen LogP contribution >= 0.6 is 12.4 Å². The second-order valence-electron chi connectivity index (χ2n) is 6.95. The highest BCUT2D eigenvalue weighted by molar-refractivity contribution is 7.90. The SMILES string of the molecule is Cc1ccc(S(=O)(=O)n2ccc3c4c(cnc32)ncn4N2CCNCC2)cc1.Cl. The van der Waals surface area contributed by atoms with E-state index in [-0.39, 0.29) is 17.3 Å². The molecule has 4 aromatic rings. The summed E-state index contributed by atoms with van der Waals surface area (Å²) in [4.78, 5) is 9.12. The first-order valence-electron chi connectivity index (χ1n) is 9.17. The number of hydrogen-bond acceptors (Lipinski definition) is 6. The van der Waals surface area contributed by atoms with E-state index in [1.54, 1.807) is 49.1 Å². The number of hydrogen-bond donors (Lipinski definition) is 1. The molecule has 1 aliphatic rings. The molecule has 10 heteroatoms. The van der Waals surface area contributed by atoms with Crippen molar-refractivity contribution in [3.8, 4) is 0 Å². The molecule has 29 heavy (non-hydrogen) atoms. The number of imidazole rings is 1. The van der Waals surface area contributed by atoms with Crippen molar-refractivity contribution in [2.24, 2.45) is 0 Å². The Morgan fingerprint density at radius 1 is 1.03 bits per heavy atom. The standard InChI is InChI=1S/C19H20N6O2S.ClH/c1-14-2-4-15(5-3-14)28(26,27)25-9-6-16-18-17(12-21-19(16)25)22-13-24(18)23-10-7-20-8-11-23;/h2-6,9,12-13,20H,7-8,10-11H2,1H3;1H. The van der Waals surface area contributed by atoms with Gasteiger partial charge in [-0.1, -0.05) is 17.7 Å². The summed E-state index contributed by atoms with van der Waals surface area (Å²) in [6.07, 6.45) is 4.99. The van der Waals surface area contributed by atoms with Gasteiger partial charge in [0, 0.05) is 37.8 Å². The van der Waals surface area contributed by atoms with E-state index in [0.717, 1.165) is 48.2 Å². The van der Waals surface area contributed by atoms with Gasteiger partial charge in [-0.3, -0.25) is 0 Å². The summed E-state index contributed by atoms with van der Waals surface area (Å²) in [5.74, 6) is 0. The van der Waals surface area contributed by atoms with E-state index < -0.39 is 10.0 Å². The van der Waals surface area contributed by atoms with Gasteiger partial charge in [-0.05, 0) is 25.1 Å². The fourth-order valence-electron chi connectivity index (χ4n) is 3.65. The number of aryl methyl sites for hydroxylation is 1. The van der Waals surface area contributed by atoms with Crippen molar-refractivity contribution in [2.75, 3.05) is 31.2 Å². The van der Waals surface area contributed by atoms with Crippen LogP contribution in [0.15, 0.2) is 53.9 Å². The predicted octanol–water partition coefficient (Wildman–Crippen LogP) is 1.89. The Morgan fingerprint density at radius 2 is 1.76 bits per heavy atom. The van der Waals surface area contributed by atoms with Crippen molar-refractivity contribution < 1.29 is 8.42 Å². The Morgan fingerprint density at radius 3 is 2.48 bits per heavy atom. The highest BCUT2D eigenvalue weighted by atomic mass is 35.5. The molecular formula is C19H21ClN6O2S. The van der Waals surface area contributed by atoms with Gasteiger partial charge in [-0.15, -0.1) is 12.4 Å². The summed E-state index contributed by atoms with van der Waals surface area (Å²) in [5.41, 5.74) is 3.04. The number of halogens is 1. The van der Waals surface area contributed by atoms with Crippen molar-refractivity contribution in [2.45, 2.75) is 11.8 Å². The smallest absolute Gasteiger partial charge is 0.269 e. The van der Waals surface area contributed by atoms with E-state index in [4.69, 9.17) is 0 Å². The molecule has 152 valence electrons. The van der Waals surface area contributed by atoms with Crippen molar-refractivity contribution in [1.82, 2.24) is 23.9 Å². The summed E-state index contributed by atoms with van der Waals surface area (Å²) < 4.78 is 29.6. The highest BCUT2D eigenvalue weighted by Crippen LogP contribution is 2.27. The zero-order chi connectivity index (χ0) is 19.3. The molecule has 0 radical (unpaired) electrons. The fourth-order valence-corrected chi connectivity index (χ4v) is 4.95. The summed E-state index contributed by atoms with van der Waals surface area (Å²) in [7, 11) is -3.73. The van der Waals surface area contributed by atoms with Gasteiger partial charge in [0.2, 0.25) is 0 Å².